The van der Waals surface area contributed by atoms with Crippen molar-refractivity contribution in [1.82, 2.24) is 20.3 Å². The Hall–Kier alpha value is -2.46. The number of sulfonamides is 1. The number of carbonyl (C=O) groups excluding carboxylic acids is 3. The number of urea groups is 1. The molecule has 1 heterocycles. The summed E-state index contributed by atoms with van der Waals surface area (Å²) in [5.41, 5.74) is -0.477. The molecule has 9 nitrogen and oxygen atoms in total. The Morgan fingerprint density at radius 1 is 1.20 bits per heavy atom. The van der Waals surface area contributed by atoms with Crippen molar-refractivity contribution in [3.8, 4) is 0 Å². The Balaban J connectivity index is 1.29. The zero-order valence-electron chi connectivity index (χ0n) is 16.6. The van der Waals surface area contributed by atoms with Crippen LogP contribution < -0.4 is 15.4 Å². The van der Waals surface area contributed by atoms with Crippen molar-refractivity contribution < 1.29 is 22.8 Å². The van der Waals surface area contributed by atoms with Gasteiger partial charge in [-0.3, -0.25) is 14.5 Å². The van der Waals surface area contributed by atoms with Gasteiger partial charge in [0.05, 0.1) is 4.90 Å². The van der Waals surface area contributed by atoms with E-state index < -0.39 is 21.5 Å². The van der Waals surface area contributed by atoms with Crippen molar-refractivity contribution in [3.63, 3.8) is 0 Å². The summed E-state index contributed by atoms with van der Waals surface area (Å²) in [6.45, 7) is 0.493. The summed E-state index contributed by atoms with van der Waals surface area (Å²) in [6, 6.07) is 5.51. The molecule has 4 rings (SSSR count). The van der Waals surface area contributed by atoms with Crippen LogP contribution in [0.25, 0.3) is 0 Å². The lowest BCUT2D eigenvalue weighted by Gasteiger charge is -2.20. The van der Waals surface area contributed by atoms with E-state index in [9.17, 15) is 22.8 Å². The zero-order chi connectivity index (χ0) is 21.4. The number of nitrogens with one attached hydrogen (secondary N) is 3. The molecular formula is C20H26N4O5S. The van der Waals surface area contributed by atoms with Gasteiger partial charge in [0.1, 0.15) is 5.54 Å². The Morgan fingerprint density at radius 2 is 1.93 bits per heavy atom. The van der Waals surface area contributed by atoms with E-state index in [1.807, 2.05) is 0 Å². The Kier molecular flexibility index (Phi) is 5.54. The van der Waals surface area contributed by atoms with Crippen molar-refractivity contribution in [2.45, 2.75) is 61.4 Å². The summed E-state index contributed by atoms with van der Waals surface area (Å²) < 4.78 is 27.2. The predicted molar refractivity (Wildman–Crippen MR) is 108 cm³/mol. The lowest BCUT2D eigenvalue weighted by molar-refractivity contribution is -0.131. The summed E-state index contributed by atoms with van der Waals surface area (Å²) in [6.07, 6.45) is 5.30. The molecule has 10 heteroatoms. The molecular weight excluding hydrogens is 408 g/mol. The van der Waals surface area contributed by atoms with Gasteiger partial charge in [0.25, 0.3) is 11.8 Å². The van der Waals surface area contributed by atoms with Gasteiger partial charge in [-0.25, -0.2) is 17.9 Å². The lowest BCUT2D eigenvalue weighted by Crippen LogP contribution is -2.44. The van der Waals surface area contributed by atoms with Crippen LogP contribution in [0.1, 0.15) is 55.3 Å². The van der Waals surface area contributed by atoms with Crippen LogP contribution in [0.3, 0.4) is 0 Å². The number of benzene rings is 1. The fourth-order valence-corrected chi connectivity index (χ4v) is 5.38. The summed E-state index contributed by atoms with van der Waals surface area (Å²) in [5, 5.41) is 5.55. The lowest BCUT2D eigenvalue weighted by atomic mass is 9.98. The van der Waals surface area contributed by atoms with Crippen molar-refractivity contribution in [2.24, 2.45) is 0 Å². The highest BCUT2D eigenvalue weighted by Crippen LogP contribution is 2.35. The van der Waals surface area contributed by atoms with E-state index in [-0.39, 0.29) is 41.5 Å². The first-order valence-corrected chi connectivity index (χ1v) is 11.8. The van der Waals surface area contributed by atoms with Gasteiger partial charge in [0.2, 0.25) is 10.0 Å². The second-order valence-corrected chi connectivity index (χ2v) is 9.92. The second-order valence-electron chi connectivity index (χ2n) is 8.21. The number of hydrogen-bond donors (Lipinski definition) is 3. The topological polar surface area (TPSA) is 125 Å². The molecule has 0 atom stereocenters. The van der Waals surface area contributed by atoms with Crippen LogP contribution in [0.4, 0.5) is 4.79 Å². The third kappa shape index (κ3) is 4.20. The first-order chi connectivity index (χ1) is 14.3. The van der Waals surface area contributed by atoms with Gasteiger partial charge in [-0.05, 0) is 50.3 Å². The van der Waals surface area contributed by atoms with Gasteiger partial charge in [-0.2, -0.15) is 0 Å². The normalized spacial score (nSPS) is 20.6. The van der Waals surface area contributed by atoms with Crippen LogP contribution in [0, 0.1) is 0 Å². The quantitative estimate of drug-likeness (QED) is 0.418. The first-order valence-electron chi connectivity index (χ1n) is 10.4. The van der Waals surface area contributed by atoms with E-state index in [1.54, 1.807) is 6.07 Å². The maximum Gasteiger partial charge on any atom is 0.325 e. The summed E-state index contributed by atoms with van der Waals surface area (Å²) in [4.78, 5) is 38.4. The molecule has 3 fully saturated rings. The molecule has 1 aliphatic heterocycles. The fourth-order valence-electron chi connectivity index (χ4n) is 4.03. The van der Waals surface area contributed by atoms with Crippen molar-refractivity contribution >= 4 is 27.9 Å². The van der Waals surface area contributed by atoms with Gasteiger partial charge in [-0.15, -0.1) is 0 Å². The van der Waals surface area contributed by atoms with Crippen molar-refractivity contribution in [2.75, 3.05) is 13.1 Å². The zero-order valence-corrected chi connectivity index (χ0v) is 17.5. The monoisotopic (exact) mass is 434 g/mol. The van der Waals surface area contributed by atoms with E-state index in [4.69, 9.17) is 0 Å². The van der Waals surface area contributed by atoms with Crippen molar-refractivity contribution in [3.05, 3.63) is 29.8 Å². The fraction of sp³-hybridized carbons (Fsp3) is 0.550. The summed E-state index contributed by atoms with van der Waals surface area (Å²) in [7, 11) is -3.63. The van der Waals surface area contributed by atoms with E-state index in [2.05, 4.69) is 15.4 Å². The number of rotatable bonds is 8. The van der Waals surface area contributed by atoms with Crippen LogP contribution in [0.15, 0.2) is 29.2 Å². The minimum atomic E-state index is -3.63. The molecule has 0 aromatic heterocycles. The highest BCUT2D eigenvalue weighted by Gasteiger charge is 2.51. The molecule has 0 unspecified atom stereocenters. The molecule has 1 saturated heterocycles. The minimum Gasteiger partial charge on any atom is -0.352 e. The molecule has 1 aromatic rings. The molecule has 3 aliphatic rings. The minimum absolute atomic E-state index is 0.0126. The van der Waals surface area contributed by atoms with E-state index in [0.717, 1.165) is 25.7 Å². The Labute approximate surface area is 175 Å². The molecule has 2 saturated carbocycles. The first kappa shape index (κ1) is 20.8. The van der Waals surface area contributed by atoms with Crippen molar-refractivity contribution in [1.29, 1.82) is 0 Å². The van der Waals surface area contributed by atoms with Crippen LogP contribution in [0.5, 0.6) is 0 Å². The summed E-state index contributed by atoms with van der Waals surface area (Å²) in [5.74, 6) is -0.569. The Morgan fingerprint density at radius 3 is 2.63 bits per heavy atom. The van der Waals surface area contributed by atoms with E-state index in [1.165, 1.54) is 23.1 Å². The van der Waals surface area contributed by atoms with Gasteiger partial charge in [-0.1, -0.05) is 18.9 Å². The van der Waals surface area contributed by atoms with E-state index in [0.29, 0.717) is 19.3 Å². The van der Waals surface area contributed by atoms with Crippen LogP contribution in [0.2, 0.25) is 0 Å². The molecule has 3 N–H and O–H groups in total. The molecule has 0 radical (unpaired) electrons. The molecule has 1 aromatic carbocycles. The molecule has 2 aliphatic carbocycles. The molecule has 162 valence electrons. The van der Waals surface area contributed by atoms with Gasteiger partial charge >= 0.3 is 6.03 Å². The van der Waals surface area contributed by atoms with E-state index >= 15 is 0 Å². The Bertz CT molecular complexity index is 967. The molecule has 4 amide bonds. The maximum absolute atomic E-state index is 12.6. The maximum atomic E-state index is 12.6. The average molecular weight is 435 g/mol. The van der Waals surface area contributed by atoms with Gasteiger partial charge in [0.15, 0.2) is 0 Å². The van der Waals surface area contributed by atoms with Crippen LogP contribution >= 0.6 is 0 Å². The number of imide groups is 1. The highest BCUT2D eigenvalue weighted by molar-refractivity contribution is 7.89. The SMILES string of the molecule is O=C(NCCCN1C(=O)NC2(CCCC2)C1=O)c1cccc(S(=O)(=O)NC2CC2)c1. The number of carbonyl (C=O) groups is 3. The number of hydrogen-bond acceptors (Lipinski definition) is 5. The average Bonchev–Trinajstić information content (AvgIpc) is 3.33. The van der Waals surface area contributed by atoms with Gasteiger partial charge < -0.3 is 10.6 Å². The predicted octanol–water partition coefficient (Wildman–Crippen LogP) is 1.11. The molecule has 0 bridgehead atoms. The third-order valence-electron chi connectivity index (χ3n) is 5.85. The number of amides is 4. The molecule has 1 spiro atoms. The largest absolute Gasteiger partial charge is 0.352 e. The smallest absolute Gasteiger partial charge is 0.325 e. The second kappa shape index (κ2) is 7.99. The highest BCUT2D eigenvalue weighted by atomic mass is 32.2. The van der Waals surface area contributed by atoms with Gasteiger partial charge in [0, 0.05) is 24.7 Å². The van der Waals surface area contributed by atoms with Crippen LogP contribution in [-0.2, 0) is 14.8 Å². The third-order valence-corrected chi connectivity index (χ3v) is 7.37. The standard InChI is InChI=1S/C20H26N4O5S/c25-17(14-5-3-6-16(13-14)30(28,29)23-15-7-8-15)21-11-4-12-24-18(26)20(22-19(24)27)9-1-2-10-20/h3,5-6,13,15,23H,1-2,4,7-12H2,(H,21,25)(H,22,27). The number of nitrogens with zero attached hydrogens (tertiary/aromatic N) is 1. The molecule has 30 heavy (non-hydrogen) atoms. The summed E-state index contributed by atoms with van der Waals surface area (Å²) >= 11 is 0. The van der Waals surface area contributed by atoms with Crippen LogP contribution in [-0.4, -0.2) is 55.8 Å².